The molecule has 0 bridgehead atoms. The highest BCUT2D eigenvalue weighted by molar-refractivity contribution is 5.93. The molecule has 1 amide bonds. The zero-order valence-electron chi connectivity index (χ0n) is 12.3. The van der Waals surface area contributed by atoms with Gasteiger partial charge in [0.1, 0.15) is 0 Å². The summed E-state index contributed by atoms with van der Waals surface area (Å²) in [7, 11) is 1.75. The number of hydrogen-bond acceptors (Lipinski definition) is 2. The Labute approximate surface area is 125 Å². The fraction of sp³-hybridized carbons (Fsp3) is 0.222. The van der Waals surface area contributed by atoms with E-state index >= 15 is 0 Å². The molecule has 0 heterocycles. The van der Waals surface area contributed by atoms with Gasteiger partial charge in [-0.1, -0.05) is 35.9 Å². The third-order valence-electron chi connectivity index (χ3n) is 3.45. The maximum Gasteiger partial charge on any atom is 0.227 e. The number of nitriles is 1. The molecule has 0 aliphatic carbocycles. The first-order chi connectivity index (χ1) is 10.1. The molecule has 3 heteroatoms. The van der Waals surface area contributed by atoms with Gasteiger partial charge in [0.05, 0.1) is 11.6 Å². The molecule has 2 aromatic carbocycles. The summed E-state index contributed by atoms with van der Waals surface area (Å²) in [6.45, 7) is 2.05. The highest BCUT2D eigenvalue weighted by Crippen LogP contribution is 2.16. The molecule has 21 heavy (non-hydrogen) atoms. The van der Waals surface area contributed by atoms with Gasteiger partial charge in [-0.3, -0.25) is 4.79 Å². The molecule has 2 aromatic rings. The number of rotatable bonds is 4. The summed E-state index contributed by atoms with van der Waals surface area (Å²) in [6.07, 6.45) is 1.18. The first-order valence-electron chi connectivity index (χ1n) is 6.92. The normalized spacial score (nSPS) is 9.95. The maximum atomic E-state index is 12.2. The number of nitrogens with zero attached hydrogens (tertiary/aromatic N) is 2. The third kappa shape index (κ3) is 3.93. The number of amides is 1. The second kappa shape index (κ2) is 6.71. The third-order valence-corrected chi connectivity index (χ3v) is 3.45. The van der Waals surface area contributed by atoms with Crippen LogP contribution < -0.4 is 4.90 Å². The van der Waals surface area contributed by atoms with Gasteiger partial charge in [-0.2, -0.15) is 5.26 Å². The van der Waals surface area contributed by atoms with Crippen LogP contribution in [0, 0.1) is 18.3 Å². The van der Waals surface area contributed by atoms with E-state index in [9.17, 15) is 4.79 Å². The number of carbonyl (C=O) groups excluding carboxylic acids is 1. The average molecular weight is 278 g/mol. The van der Waals surface area contributed by atoms with Crippen LogP contribution in [0.15, 0.2) is 48.5 Å². The van der Waals surface area contributed by atoms with Crippen LogP contribution in [0.3, 0.4) is 0 Å². The van der Waals surface area contributed by atoms with Crippen molar-refractivity contribution in [2.75, 3.05) is 11.9 Å². The lowest BCUT2D eigenvalue weighted by Gasteiger charge is -2.17. The summed E-state index contributed by atoms with van der Waals surface area (Å²) in [5.41, 5.74) is 3.69. The Morgan fingerprint density at radius 2 is 1.95 bits per heavy atom. The molecule has 0 fully saturated rings. The van der Waals surface area contributed by atoms with Crippen LogP contribution in [0.1, 0.15) is 23.1 Å². The standard InChI is InChI=1S/C18H18N2O/c1-14-5-3-6-15(11-14)9-10-18(21)20(2)17-8-4-7-16(12-17)13-19/h3-8,11-12H,9-10H2,1-2H3. The summed E-state index contributed by atoms with van der Waals surface area (Å²) in [5.74, 6) is 0.0478. The van der Waals surface area contributed by atoms with Gasteiger partial charge < -0.3 is 4.90 Å². The molecule has 2 rings (SSSR count). The number of hydrogen-bond donors (Lipinski definition) is 0. The van der Waals surface area contributed by atoms with E-state index < -0.39 is 0 Å². The molecule has 3 nitrogen and oxygen atoms in total. The minimum Gasteiger partial charge on any atom is -0.315 e. The quantitative estimate of drug-likeness (QED) is 0.859. The van der Waals surface area contributed by atoms with E-state index in [-0.39, 0.29) is 5.91 Å². The molecule has 0 radical (unpaired) electrons. The lowest BCUT2D eigenvalue weighted by Crippen LogP contribution is -2.26. The van der Waals surface area contributed by atoms with E-state index in [1.165, 1.54) is 11.1 Å². The van der Waals surface area contributed by atoms with Crippen molar-refractivity contribution in [3.8, 4) is 6.07 Å². The zero-order valence-corrected chi connectivity index (χ0v) is 12.3. The predicted octanol–water partition coefficient (Wildman–Crippen LogP) is 3.46. The molecule has 0 saturated carbocycles. The highest BCUT2D eigenvalue weighted by atomic mass is 16.2. The van der Waals surface area contributed by atoms with Gasteiger partial charge in [-0.25, -0.2) is 0 Å². The van der Waals surface area contributed by atoms with Gasteiger partial charge in [-0.15, -0.1) is 0 Å². The molecule has 0 aliphatic heterocycles. The molecule has 0 atom stereocenters. The summed E-state index contributed by atoms with van der Waals surface area (Å²) in [4.78, 5) is 13.9. The first kappa shape index (κ1) is 14.8. The molecular weight excluding hydrogens is 260 g/mol. The summed E-state index contributed by atoms with van der Waals surface area (Å²) >= 11 is 0. The van der Waals surface area contributed by atoms with Crippen LogP contribution in [-0.2, 0) is 11.2 Å². The van der Waals surface area contributed by atoms with E-state index in [2.05, 4.69) is 12.1 Å². The fourth-order valence-corrected chi connectivity index (χ4v) is 2.21. The Bertz CT molecular complexity index is 686. The Kier molecular flexibility index (Phi) is 4.73. The maximum absolute atomic E-state index is 12.2. The molecular formula is C18H18N2O. The number of benzene rings is 2. The fourth-order valence-electron chi connectivity index (χ4n) is 2.21. The molecule has 0 saturated heterocycles. The minimum atomic E-state index is 0.0478. The van der Waals surface area contributed by atoms with Gasteiger partial charge in [0.15, 0.2) is 0 Å². The number of carbonyl (C=O) groups is 1. The van der Waals surface area contributed by atoms with E-state index in [1.54, 1.807) is 30.1 Å². The monoisotopic (exact) mass is 278 g/mol. The topological polar surface area (TPSA) is 44.1 Å². The Morgan fingerprint density at radius 1 is 1.19 bits per heavy atom. The molecule has 0 unspecified atom stereocenters. The second-order valence-electron chi connectivity index (χ2n) is 5.10. The Balaban J connectivity index is 2.01. The van der Waals surface area contributed by atoms with Crippen molar-refractivity contribution in [2.45, 2.75) is 19.8 Å². The van der Waals surface area contributed by atoms with Crippen LogP contribution in [0.5, 0.6) is 0 Å². The first-order valence-corrected chi connectivity index (χ1v) is 6.92. The Morgan fingerprint density at radius 3 is 2.67 bits per heavy atom. The average Bonchev–Trinajstić information content (AvgIpc) is 2.52. The van der Waals surface area contributed by atoms with Crippen molar-refractivity contribution in [2.24, 2.45) is 0 Å². The second-order valence-corrected chi connectivity index (χ2v) is 5.10. The van der Waals surface area contributed by atoms with Crippen LogP contribution in [0.25, 0.3) is 0 Å². The van der Waals surface area contributed by atoms with Gasteiger partial charge in [0, 0.05) is 19.2 Å². The number of aryl methyl sites for hydroxylation is 2. The van der Waals surface area contributed by atoms with Crippen molar-refractivity contribution in [1.82, 2.24) is 0 Å². The predicted molar refractivity (Wildman–Crippen MR) is 84.1 cm³/mol. The SMILES string of the molecule is Cc1cccc(CCC(=O)N(C)c2cccc(C#N)c2)c1. The van der Waals surface area contributed by atoms with Gasteiger partial charge >= 0.3 is 0 Å². The Hall–Kier alpha value is -2.60. The summed E-state index contributed by atoms with van der Waals surface area (Å²) in [5, 5.41) is 8.91. The van der Waals surface area contributed by atoms with E-state index in [4.69, 9.17) is 5.26 Å². The van der Waals surface area contributed by atoms with E-state index in [0.717, 1.165) is 12.1 Å². The molecule has 0 N–H and O–H groups in total. The lowest BCUT2D eigenvalue weighted by atomic mass is 10.1. The molecule has 0 spiro atoms. The van der Waals surface area contributed by atoms with Crippen LogP contribution >= 0.6 is 0 Å². The van der Waals surface area contributed by atoms with E-state index in [1.807, 2.05) is 31.2 Å². The van der Waals surface area contributed by atoms with Crippen LogP contribution in [0.4, 0.5) is 5.69 Å². The van der Waals surface area contributed by atoms with Gasteiger partial charge in [-0.05, 0) is 37.1 Å². The number of anilines is 1. The lowest BCUT2D eigenvalue weighted by molar-refractivity contribution is -0.118. The molecule has 0 aliphatic rings. The van der Waals surface area contributed by atoms with Crippen molar-refractivity contribution in [3.05, 3.63) is 65.2 Å². The van der Waals surface area contributed by atoms with Gasteiger partial charge in [0.2, 0.25) is 5.91 Å². The van der Waals surface area contributed by atoms with Crippen molar-refractivity contribution in [1.29, 1.82) is 5.26 Å². The summed E-state index contributed by atoms with van der Waals surface area (Å²) < 4.78 is 0. The smallest absolute Gasteiger partial charge is 0.227 e. The van der Waals surface area contributed by atoms with Crippen LogP contribution in [0.2, 0.25) is 0 Å². The largest absolute Gasteiger partial charge is 0.315 e. The minimum absolute atomic E-state index is 0.0478. The van der Waals surface area contributed by atoms with Crippen LogP contribution in [-0.4, -0.2) is 13.0 Å². The van der Waals surface area contributed by atoms with E-state index in [0.29, 0.717) is 12.0 Å². The highest BCUT2D eigenvalue weighted by Gasteiger charge is 2.11. The molecule has 106 valence electrons. The van der Waals surface area contributed by atoms with Crippen molar-refractivity contribution >= 4 is 11.6 Å². The summed E-state index contributed by atoms with van der Waals surface area (Å²) in [6, 6.07) is 17.4. The zero-order chi connectivity index (χ0) is 15.2. The van der Waals surface area contributed by atoms with Crippen molar-refractivity contribution < 1.29 is 4.79 Å². The molecule has 0 aromatic heterocycles. The van der Waals surface area contributed by atoms with Crippen molar-refractivity contribution in [3.63, 3.8) is 0 Å². The van der Waals surface area contributed by atoms with Gasteiger partial charge in [0.25, 0.3) is 0 Å².